The van der Waals surface area contributed by atoms with Gasteiger partial charge in [0.05, 0.1) is 6.61 Å². The molecule has 0 N–H and O–H groups in total. The van der Waals surface area contributed by atoms with Crippen LogP contribution in [0.3, 0.4) is 0 Å². The molecule has 0 aromatic rings. The maximum absolute atomic E-state index is 11.4. The quantitative estimate of drug-likeness (QED) is 0.407. The van der Waals surface area contributed by atoms with E-state index in [9.17, 15) is 19.7 Å². The van der Waals surface area contributed by atoms with Crippen molar-refractivity contribution >= 4 is 11.8 Å². The lowest BCUT2D eigenvalue weighted by Gasteiger charge is -2.22. The lowest BCUT2D eigenvalue weighted by molar-refractivity contribution is -0.520. The standard InChI is InChI=1S/C10H15NO5/c1-2-16-10(13)9(11(14)15)7-4-3-5-8(12)6-7/h7,9H,2-6H2,1H3/t7-,9-/m0/s1. The van der Waals surface area contributed by atoms with Crippen molar-refractivity contribution in [3.05, 3.63) is 10.1 Å². The van der Waals surface area contributed by atoms with Crippen molar-refractivity contribution in [1.82, 2.24) is 0 Å². The van der Waals surface area contributed by atoms with Crippen LogP contribution in [0.2, 0.25) is 0 Å². The zero-order valence-corrected chi connectivity index (χ0v) is 9.18. The van der Waals surface area contributed by atoms with Gasteiger partial charge in [0.15, 0.2) is 0 Å². The second-order valence-corrected chi connectivity index (χ2v) is 3.88. The second-order valence-electron chi connectivity index (χ2n) is 3.88. The minimum atomic E-state index is -1.39. The molecule has 1 rings (SSSR count). The van der Waals surface area contributed by atoms with E-state index in [2.05, 4.69) is 4.74 Å². The maximum atomic E-state index is 11.4. The molecule has 6 nitrogen and oxygen atoms in total. The number of rotatable bonds is 4. The van der Waals surface area contributed by atoms with Crippen LogP contribution in [0.15, 0.2) is 0 Å². The molecule has 1 aliphatic carbocycles. The Morgan fingerprint density at radius 1 is 1.69 bits per heavy atom. The fourth-order valence-corrected chi connectivity index (χ4v) is 2.01. The highest BCUT2D eigenvalue weighted by molar-refractivity contribution is 5.81. The summed E-state index contributed by atoms with van der Waals surface area (Å²) in [6.45, 7) is 1.71. The summed E-state index contributed by atoms with van der Waals surface area (Å²) < 4.78 is 4.66. The number of ketones is 1. The number of hydrogen-bond acceptors (Lipinski definition) is 5. The largest absolute Gasteiger partial charge is 0.461 e. The van der Waals surface area contributed by atoms with Crippen LogP contribution in [0, 0.1) is 16.0 Å². The van der Waals surface area contributed by atoms with Crippen molar-refractivity contribution in [1.29, 1.82) is 0 Å². The molecule has 0 saturated heterocycles. The average molecular weight is 229 g/mol. The van der Waals surface area contributed by atoms with Crippen LogP contribution in [0.5, 0.6) is 0 Å². The molecule has 0 radical (unpaired) electrons. The van der Waals surface area contributed by atoms with Gasteiger partial charge in [-0.05, 0) is 19.8 Å². The Bertz CT molecular complexity index is 302. The number of nitrogens with zero attached hydrogens (tertiary/aromatic N) is 1. The van der Waals surface area contributed by atoms with E-state index in [1.165, 1.54) is 0 Å². The highest BCUT2D eigenvalue weighted by Crippen LogP contribution is 2.26. The Hall–Kier alpha value is -1.46. The molecule has 0 amide bonds. The number of Topliss-reactive ketones (excluding diaryl/α,β-unsaturated/α-hetero) is 1. The predicted octanol–water partition coefficient (Wildman–Crippen LogP) is 0.954. The summed E-state index contributed by atoms with van der Waals surface area (Å²) in [5.41, 5.74) is 0. The SMILES string of the molecule is CCOC(=O)[C@H]([C@H]1CCCC(=O)C1)[N+](=O)[O-]. The molecule has 0 aliphatic heterocycles. The molecule has 1 fully saturated rings. The van der Waals surface area contributed by atoms with Gasteiger partial charge >= 0.3 is 12.0 Å². The van der Waals surface area contributed by atoms with Crippen molar-refractivity contribution in [3.63, 3.8) is 0 Å². The van der Waals surface area contributed by atoms with Gasteiger partial charge in [-0.1, -0.05) is 0 Å². The first kappa shape index (κ1) is 12.6. The Kier molecular flexibility index (Phi) is 4.39. The molecule has 1 aliphatic rings. The number of ether oxygens (including phenoxy) is 1. The number of hydrogen-bond donors (Lipinski definition) is 0. The Morgan fingerprint density at radius 2 is 2.38 bits per heavy atom. The molecule has 90 valence electrons. The van der Waals surface area contributed by atoms with Crippen molar-refractivity contribution in [2.75, 3.05) is 6.61 Å². The molecule has 16 heavy (non-hydrogen) atoms. The van der Waals surface area contributed by atoms with E-state index in [0.29, 0.717) is 19.3 Å². The van der Waals surface area contributed by atoms with Crippen molar-refractivity contribution in [2.24, 2.45) is 5.92 Å². The molecular formula is C10H15NO5. The van der Waals surface area contributed by atoms with Crippen LogP contribution in [0.1, 0.15) is 32.6 Å². The van der Waals surface area contributed by atoms with Crippen molar-refractivity contribution in [3.8, 4) is 0 Å². The number of esters is 1. The van der Waals surface area contributed by atoms with E-state index in [-0.39, 0.29) is 18.8 Å². The molecular weight excluding hydrogens is 214 g/mol. The zero-order valence-electron chi connectivity index (χ0n) is 9.18. The summed E-state index contributed by atoms with van der Waals surface area (Å²) in [5, 5.41) is 10.8. The van der Waals surface area contributed by atoms with Crippen molar-refractivity contribution in [2.45, 2.75) is 38.6 Å². The van der Waals surface area contributed by atoms with Gasteiger partial charge < -0.3 is 4.74 Å². The van der Waals surface area contributed by atoms with Crippen LogP contribution < -0.4 is 0 Å². The molecule has 0 unspecified atom stereocenters. The summed E-state index contributed by atoms with van der Waals surface area (Å²) in [7, 11) is 0. The van der Waals surface area contributed by atoms with Gasteiger partial charge in [0.1, 0.15) is 5.78 Å². The van der Waals surface area contributed by atoms with Gasteiger partial charge in [0.25, 0.3) is 0 Å². The van der Waals surface area contributed by atoms with E-state index in [4.69, 9.17) is 0 Å². The Morgan fingerprint density at radius 3 is 2.88 bits per heavy atom. The molecule has 0 aromatic carbocycles. The molecule has 0 spiro atoms. The lowest BCUT2D eigenvalue weighted by Crippen LogP contribution is -2.40. The second kappa shape index (κ2) is 5.58. The lowest BCUT2D eigenvalue weighted by atomic mass is 9.83. The third kappa shape index (κ3) is 3.01. The fourth-order valence-electron chi connectivity index (χ4n) is 2.01. The first-order chi connectivity index (χ1) is 7.56. The summed E-state index contributed by atoms with van der Waals surface area (Å²) in [5.74, 6) is -1.34. The van der Waals surface area contributed by atoms with Gasteiger partial charge in [-0.2, -0.15) is 0 Å². The normalized spacial score (nSPS) is 22.6. The van der Waals surface area contributed by atoms with Gasteiger partial charge in [0.2, 0.25) is 0 Å². The summed E-state index contributed by atoms with van der Waals surface area (Å²) in [6, 6.07) is -1.39. The third-order valence-electron chi connectivity index (χ3n) is 2.72. The van der Waals surface area contributed by atoms with Crippen LogP contribution >= 0.6 is 0 Å². The predicted molar refractivity (Wildman–Crippen MR) is 54.4 cm³/mol. The van der Waals surface area contributed by atoms with Crippen LogP contribution in [0.4, 0.5) is 0 Å². The smallest absolute Gasteiger partial charge is 0.381 e. The number of nitro groups is 1. The Balaban J connectivity index is 2.72. The summed E-state index contributed by atoms with van der Waals surface area (Å²) >= 11 is 0. The number of carbonyl (C=O) groups is 2. The fraction of sp³-hybridized carbons (Fsp3) is 0.800. The molecule has 2 atom stereocenters. The van der Waals surface area contributed by atoms with E-state index in [0.717, 1.165) is 0 Å². The molecule has 1 saturated carbocycles. The van der Waals surface area contributed by atoms with E-state index < -0.39 is 22.9 Å². The monoisotopic (exact) mass is 229 g/mol. The van der Waals surface area contributed by atoms with Gasteiger partial charge in [-0.3, -0.25) is 14.9 Å². The minimum absolute atomic E-state index is 0.00704. The van der Waals surface area contributed by atoms with E-state index in [1.54, 1.807) is 6.92 Å². The maximum Gasteiger partial charge on any atom is 0.381 e. The zero-order chi connectivity index (χ0) is 12.1. The van der Waals surface area contributed by atoms with Crippen LogP contribution in [-0.2, 0) is 14.3 Å². The first-order valence-corrected chi connectivity index (χ1v) is 5.38. The highest BCUT2D eigenvalue weighted by atomic mass is 16.6. The molecule has 0 bridgehead atoms. The van der Waals surface area contributed by atoms with Gasteiger partial charge in [-0.25, -0.2) is 4.79 Å². The minimum Gasteiger partial charge on any atom is -0.461 e. The molecule has 6 heteroatoms. The highest BCUT2D eigenvalue weighted by Gasteiger charge is 2.42. The van der Waals surface area contributed by atoms with E-state index in [1.807, 2.05) is 0 Å². The van der Waals surface area contributed by atoms with Crippen LogP contribution in [0.25, 0.3) is 0 Å². The van der Waals surface area contributed by atoms with E-state index >= 15 is 0 Å². The first-order valence-electron chi connectivity index (χ1n) is 5.38. The molecule has 0 heterocycles. The topological polar surface area (TPSA) is 86.5 Å². The van der Waals surface area contributed by atoms with Crippen molar-refractivity contribution < 1.29 is 19.2 Å². The van der Waals surface area contributed by atoms with Crippen LogP contribution in [-0.4, -0.2) is 29.3 Å². The number of carbonyl (C=O) groups excluding carboxylic acids is 2. The Labute approximate surface area is 93.1 Å². The average Bonchev–Trinajstić information content (AvgIpc) is 2.17. The molecule has 0 aromatic heterocycles. The summed E-state index contributed by atoms with van der Waals surface area (Å²) in [4.78, 5) is 32.8. The van der Waals surface area contributed by atoms with Gasteiger partial charge in [-0.15, -0.1) is 0 Å². The summed E-state index contributed by atoms with van der Waals surface area (Å²) in [6.07, 6.45) is 1.73. The van der Waals surface area contributed by atoms with Gasteiger partial charge in [0, 0.05) is 23.7 Å². The third-order valence-corrected chi connectivity index (χ3v) is 2.72.